The monoisotopic (exact) mass is 283 g/mol. The highest BCUT2D eigenvalue weighted by Gasteiger charge is 2.32. The van der Waals surface area contributed by atoms with Crippen LogP contribution in [0.25, 0.3) is 0 Å². The maximum Gasteiger partial charge on any atom is 0.243 e. The highest BCUT2D eigenvalue weighted by atomic mass is 32.2. The first kappa shape index (κ1) is 14.5. The predicted molar refractivity (Wildman–Crippen MR) is 74.7 cm³/mol. The Balaban J connectivity index is 2.33. The van der Waals surface area contributed by atoms with Gasteiger partial charge in [0.1, 0.15) is 0 Å². The molecule has 1 aromatic carbocycles. The SMILES string of the molecule is Cc1ccc(S(=O)(=O)N2C[C@@H](C)O[C@@H](C)C2)cc1C. The van der Waals surface area contributed by atoms with Gasteiger partial charge >= 0.3 is 0 Å². The molecule has 19 heavy (non-hydrogen) atoms. The Labute approximate surface area is 115 Å². The second-order valence-electron chi connectivity index (χ2n) is 5.33. The van der Waals surface area contributed by atoms with Gasteiger partial charge in [-0.05, 0) is 51.0 Å². The summed E-state index contributed by atoms with van der Waals surface area (Å²) in [6.45, 7) is 8.54. The van der Waals surface area contributed by atoms with Crippen LogP contribution < -0.4 is 0 Å². The quantitative estimate of drug-likeness (QED) is 0.835. The first-order chi connectivity index (χ1) is 8.80. The van der Waals surface area contributed by atoms with Gasteiger partial charge in [0, 0.05) is 13.1 Å². The lowest BCUT2D eigenvalue weighted by molar-refractivity contribution is -0.0440. The number of rotatable bonds is 2. The summed E-state index contributed by atoms with van der Waals surface area (Å²) in [4.78, 5) is 0.372. The number of nitrogens with zero attached hydrogens (tertiary/aromatic N) is 1. The van der Waals surface area contributed by atoms with Gasteiger partial charge in [0.25, 0.3) is 0 Å². The van der Waals surface area contributed by atoms with E-state index in [1.54, 1.807) is 12.1 Å². The Morgan fingerprint density at radius 3 is 2.21 bits per heavy atom. The van der Waals surface area contributed by atoms with Crippen LogP contribution in [0.4, 0.5) is 0 Å². The molecule has 1 saturated heterocycles. The van der Waals surface area contributed by atoms with Crippen LogP contribution in [0.3, 0.4) is 0 Å². The van der Waals surface area contributed by atoms with E-state index >= 15 is 0 Å². The van der Waals surface area contributed by atoms with Crippen molar-refractivity contribution in [2.75, 3.05) is 13.1 Å². The smallest absolute Gasteiger partial charge is 0.243 e. The van der Waals surface area contributed by atoms with Crippen LogP contribution in [0.2, 0.25) is 0 Å². The second kappa shape index (κ2) is 5.23. The zero-order chi connectivity index (χ0) is 14.2. The van der Waals surface area contributed by atoms with E-state index < -0.39 is 10.0 Å². The van der Waals surface area contributed by atoms with Crippen LogP contribution >= 0.6 is 0 Å². The molecule has 1 aliphatic heterocycles. The third kappa shape index (κ3) is 2.99. The summed E-state index contributed by atoms with van der Waals surface area (Å²) in [6.07, 6.45) is -0.129. The van der Waals surface area contributed by atoms with Gasteiger partial charge in [0.05, 0.1) is 17.1 Å². The fourth-order valence-corrected chi connectivity index (χ4v) is 4.03. The van der Waals surface area contributed by atoms with E-state index in [0.717, 1.165) is 11.1 Å². The highest BCUT2D eigenvalue weighted by Crippen LogP contribution is 2.22. The summed E-state index contributed by atoms with van der Waals surface area (Å²) in [5, 5.41) is 0. The normalized spacial score (nSPS) is 25.5. The van der Waals surface area contributed by atoms with E-state index in [2.05, 4.69) is 0 Å². The number of sulfonamides is 1. The average molecular weight is 283 g/mol. The summed E-state index contributed by atoms with van der Waals surface area (Å²) in [7, 11) is -3.41. The fraction of sp³-hybridized carbons (Fsp3) is 0.571. The van der Waals surface area contributed by atoms with Gasteiger partial charge in [-0.2, -0.15) is 4.31 Å². The van der Waals surface area contributed by atoms with Crippen molar-refractivity contribution in [1.29, 1.82) is 0 Å². The van der Waals surface area contributed by atoms with Gasteiger partial charge in [-0.3, -0.25) is 0 Å². The molecule has 2 rings (SSSR count). The molecule has 0 aliphatic carbocycles. The Morgan fingerprint density at radius 1 is 1.11 bits per heavy atom. The average Bonchev–Trinajstić information content (AvgIpc) is 2.31. The van der Waals surface area contributed by atoms with Crippen molar-refractivity contribution in [3.05, 3.63) is 29.3 Å². The largest absolute Gasteiger partial charge is 0.373 e. The summed E-state index contributed by atoms with van der Waals surface area (Å²) >= 11 is 0. The van der Waals surface area contributed by atoms with Gasteiger partial charge in [0.15, 0.2) is 0 Å². The molecule has 1 aromatic rings. The standard InChI is InChI=1S/C14H21NO3S/c1-10-5-6-14(7-11(10)2)19(16,17)15-8-12(3)18-13(4)9-15/h5-7,12-13H,8-9H2,1-4H3/t12-,13+. The van der Waals surface area contributed by atoms with Crippen LogP contribution in [-0.4, -0.2) is 38.0 Å². The molecule has 0 bridgehead atoms. The van der Waals surface area contributed by atoms with Crippen molar-refractivity contribution < 1.29 is 13.2 Å². The third-order valence-corrected chi connectivity index (χ3v) is 5.33. The molecular weight excluding hydrogens is 262 g/mol. The van der Waals surface area contributed by atoms with E-state index in [9.17, 15) is 8.42 Å². The maximum absolute atomic E-state index is 12.6. The Bertz CT molecular complexity index is 558. The van der Waals surface area contributed by atoms with Gasteiger partial charge in [-0.1, -0.05) is 6.07 Å². The Hall–Kier alpha value is -0.910. The van der Waals surface area contributed by atoms with Crippen LogP contribution in [0, 0.1) is 13.8 Å². The number of hydrogen-bond donors (Lipinski definition) is 0. The molecule has 0 unspecified atom stereocenters. The maximum atomic E-state index is 12.6. The number of ether oxygens (including phenoxy) is 1. The molecule has 1 fully saturated rings. The van der Waals surface area contributed by atoms with Gasteiger partial charge in [0.2, 0.25) is 10.0 Å². The van der Waals surface area contributed by atoms with Crippen molar-refractivity contribution >= 4 is 10.0 Å². The van der Waals surface area contributed by atoms with E-state index in [1.807, 2.05) is 33.8 Å². The first-order valence-corrected chi connectivity index (χ1v) is 7.97. The fourth-order valence-electron chi connectivity index (χ4n) is 2.35. The minimum atomic E-state index is -3.41. The lowest BCUT2D eigenvalue weighted by Gasteiger charge is -2.34. The lowest BCUT2D eigenvalue weighted by atomic mass is 10.1. The minimum Gasteiger partial charge on any atom is -0.373 e. The number of aryl methyl sites for hydroxylation is 2. The number of morpholine rings is 1. The van der Waals surface area contributed by atoms with Crippen LogP contribution in [-0.2, 0) is 14.8 Å². The molecule has 1 heterocycles. The van der Waals surface area contributed by atoms with Crippen molar-refractivity contribution in [2.24, 2.45) is 0 Å². The first-order valence-electron chi connectivity index (χ1n) is 6.53. The second-order valence-corrected chi connectivity index (χ2v) is 7.26. The lowest BCUT2D eigenvalue weighted by Crippen LogP contribution is -2.48. The van der Waals surface area contributed by atoms with E-state index in [0.29, 0.717) is 18.0 Å². The van der Waals surface area contributed by atoms with Crippen molar-refractivity contribution in [2.45, 2.75) is 44.8 Å². The Kier molecular flexibility index (Phi) is 3.99. The zero-order valence-corrected chi connectivity index (χ0v) is 12.7. The Morgan fingerprint density at radius 2 is 1.68 bits per heavy atom. The molecule has 0 amide bonds. The third-order valence-electron chi connectivity index (χ3n) is 3.50. The zero-order valence-electron chi connectivity index (χ0n) is 11.9. The summed E-state index contributed by atoms with van der Waals surface area (Å²) in [5.74, 6) is 0. The molecule has 2 atom stereocenters. The topological polar surface area (TPSA) is 46.6 Å². The van der Waals surface area contributed by atoms with Gasteiger partial charge < -0.3 is 4.74 Å². The van der Waals surface area contributed by atoms with E-state index in [-0.39, 0.29) is 12.2 Å². The molecule has 0 aromatic heterocycles. The molecule has 5 heteroatoms. The number of benzene rings is 1. The predicted octanol–water partition coefficient (Wildman–Crippen LogP) is 2.10. The minimum absolute atomic E-state index is 0.0647. The van der Waals surface area contributed by atoms with E-state index in [1.165, 1.54) is 4.31 Å². The van der Waals surface area contributed by atoms with Gasteiger partial charge in [-0.15, -0.1) is 0 Å². The molecule has 106 valence electrons. The molecular formula is C14H21NO3S. The van der Waals surface area contributed by atoms with Crippen LogP contribution in [0.5, 0.6) is 0 Å². The summed E-state index contributed by atoms with van der Waals surface area (Å²) < 4.78 is 32.3. The number of hydrogen-bond acceptors (Lipinski definition) is 3. The van der Waals surface area contributed by atoms with Crippen molar-refractivity contribution in [1.82, 2.24) is 4.31 Å². The summed E-state index contributed by atoms with van der Waals surface area (Å²) in [5.41, 5.74) is 2.10. The van der Waals surface area contributed by atoms with Crippen molar-refractivity contribution in [3.8, 4) is 0 Å². The summed E-state index contributed by atoms with van der Waals surface area (Å²) in [6, 6.07) is 5.29. The van der Waals surface area contributed by atoms with Crippen LogP contribution in [0.1, 0.15) is 25.0 Å². The van der Waals surface area contributed by atoms with Crippen LogP contribution in [0.15, 0.2) is 23.1 Å². The van der Waals surface area contributed by atoms with Gasteiger partial charge in [-0.25, -0.2) is 8.42 Å². The molecule has 0 spiro atoms. The van der Waals surface area contributed by atoms with Crippen molar-refractivity contribution in [3.63, 3.8) is 0 Å². The molecule has 4 nitrogen and oxygen atoms in total. The molecule has 0 radical (unpaired) electrons. The molecule has 1 aliphatic rings. The molecule has 0 saturated carbocycles. The van der Waals surface area contributed by atoms with E-state index in [4.69, 9.17) is 4.74 Å². The highest BCUT2D eigenvalue weighted by molar-refractivity contribution is 7.89. The molecule has 0 N–H and O–H groups in total.